The lowest BCUT2D eigenvalue weighted by Crippen LogP contribution is -2.74. The quantitative estimate of drug-likeness (QED) is 0.0458. The number of hydrogen-bond acceptors (Lipinski definition) is 9. The van der Waals surface area contributed by atoms with Gasteiger partial charge < -0.3 is 23.7 Å². The van der Waals surface area contributed by atoms with Crippen LogP contribution in [0.3, 0.4) is 0 Å². The highest BCUT2D eigenvalue weighted by atomic mass is 35.5. The molecule has 15 heteroatoms. The van der Waals surface area contributed by atoms with Crippen LogP contribution in [0.4, 0.5) is 4.79 Å². The van der Waals surface area contributed by atoms with Crippen LogP contribution in [-0.4, -0.2) is 90.4 Å². The maximum Gasteiger partial charge on any atom is 0.527 e. The highest BCUT2D eigenvalue weighted by molar-refractivity contribution is 7.47. The number of amides is 3. The van der Waals surface area contributed by atoms with Gasteiger partial charge in [0.1, 0.15) is 24.2 Å². The van der Waals surface area contributed by atoms with E-state index in [2.05, 4.69) is 31.0 Å². The Morgan fingerprint density at radius 2 is 1.28 bits per heavy atom. The summed E-state index contributed by atoms with van der Waals surface area (Å²) in [6, 6.07) is 33.5. The third-order valence-electron chi connectivity index (χ3n) is 11.9. The molecule has 0 aliphatic carbocycles. The molecular weight excluding hydrogens is 833 g/mol. The first kappa shape index (κ1) is 48.1. The Bertz CT molecular complexity index is 2050. The molecule has 328 valence electrons. The van der Waals surface area contributed by atoms with E-state index in [1.165, 1.54) is 44.0 Å². The van der Waals surface area contributed by atoms with Crippen molar-refractivity contribution in [3.8, 4) is 5.75 Å². The van der Waals surface area contributed by atoms with Gasteiger partial charge >= 0.3 is 13.9 Å². The number of hydrogen-bond donors (Lipinski definition) is 3. The van der Waals surface area contributed by atoms with Crippen molar-refractivity contribution >= 4 is 39.7 Å². The molecule has 0 saturated carbocycles. The van der Waals surface area contributed by atoms with E-state index >= 15 is 4.79 Å². The molecule has 0 bridgehead atoms. The molecule has 1 fully saturated rings. The molecule has 3 N–H and O–H groups in total. The summed E-state index contributed by atoms with van der Waals surface area (Å²) in [5, 5.41) is 13.2. The molecule has 61 heavy (non-hydrogen) atoms. The third-order valence-corrected chi connectivity index (χ3v) is 17.6. The number of benzene rings is 4. The number of carbonyl (C=O) groups is 2. The molecule has 6 atom stereocenters. The molecule has 2 heterocycles. The van der Waals surface area contributed by atoms with Crippen molar-refractivity contribution in [1.29, 1.82) is 0 Å². The van der Waals surface area contributed by atoms with Crippen LogP contribution in [0.2, 0.25) is 23.2 Å². The van der Waals surface area contributed by atoms with Gasteiger partial charge in [-0.25, -0.2) is 14.7 Å². The van der Waals surface area contributed by atoms with Crippen LogP contribution in [0.15, 0.2) is 128 Å². The minimum absolute atomic E-state index is 0.0753. The molecule has 4 aromatic carbocycles. The first-order valence-corrected chi connectivity index (χ1v) is 25.4. The fraction of sp³-hybridized carbons (Fsp3) is 0.391. The standard InChI is InChI=1S/C40H44ClN2O9PSi.C6H15N/c1-39(2,3)54(4,5)52-36-35(51-53(47,48)50-32-24-16-15-23-31(32)41)33(27-44)49-37(36)43(26-25-34(45)42-38(43)46)40(28-17-9-6-10-18-28,29-19-11-7-12-20-29)30-21-13-8-14-22-30;1-4-7(5-2)6-3/h6-26,33,35-37,44H,27H2,1-5H3,(H-,42,45,46,47,48);4-6H2,1-3H3/p+1/t33-,35-,36-,37-,43?;/m1./s1. The van der Waals surface area contributed by atoms with Crippen LogP contribution in [0, 0.1) is 0 Å². The predicted octanol–water partition coefficient (Wildman–Crippen LogP) is 9.23. The number of urea groups is 1. The Labute approximate surface area is 366 Å². The van der Waals surface area contributed by atoms with Crippen molar-refractivity contribution in [2.24, 2.45) is 0 Å². The number of aliphatic hydroxyl groups excluding tert-OH is 1. The minimum atomic E-state index is -5.03. The van der Waals surface area contributed by atoms with Gasteiger partial charge in [0.2, 0.25) is 6.23 Å². The van der Waals surface area contributed by atoms with Crippen molar-refractivity contribution in [3.63, 3.8) is 0 Å². The zero-order chi connectivity index (χ0) is 44.6. The Balaban J connectivity index is 0.000000925. The molecular formula is C46H60ClN3O9PSi+. The molecule has 0 radical (unpaired) electrons. The van der Waals surface area contributed by atoms with Crippen LogP contribution in [0.25, 0.3) is 0 Å². The van der Waals surface area contributed by atoms with E-state index in [4.69, 9.17) is 29.8 Å². The predicted molar refractivity (Wildman–Crippen MR) is 240 cm³/mol. The highest BCUT2D eigenvalue weighted by Gasteiger charge is 2.71. The second-order valence-corrected chi connectivity index (χ2v) is 23.0. The van der Waals surface area contributed by atoms with Gasteiger partial charge in [-0.05, 0) is 49.9 Å². The number of ether oxygens (including phenoxy) is 1. The first-order valence-electron chi connectivity index (χ1n) is 20.6. The summed E-state index contributed by atoms with van der Waals surface area (Å²) in [5.74, 6) is -0.740. The monoisotopic (exact) mass is 892 g/mol. The van der Waals surface area contributed by atoms with Crippen LogP contribution in [0.5, 0.6) is 5.75 Å². The zero-order valence-corrected chi connectivity index (χ0v) is 38.9. The largest absolute Gasteiger partial charge is 0.527 e. The van der Waals surface area contributed by atoms with Gasteiger partial charge in [-0.3, -0.25) is 14.2 Å². The molecule has 4 aromatic rings. The van der Waals surface area contributed by atoms with Gasteiger partial charge in [0, 0.05) is 16.7 Å². The van der Waals surface area contributed by atoms with Crippen LogP contribution < -0.4 is 9.84 Å². The Morgan fingerprint density at radius 1 is 0.803 bits per heavy atom. The average molecular weight is 894 g/mol. The Morgan fingerprint density at radius 3 is 1.69 bits per heavy atom. The number of aliphatic hydroxyl groups is 1. The lowest BCUT2D eigenvalue weighted by atomic mass is 9.73. The lowest BCUT2D eigenvalue weighted by Gasteiger charge is -2.53. The van der Waals surface area contributed by atoms with Crippen molar-refractivity contribution < 1.29 is 46.8 Å². The summed E-state index contributed by atoms with van der Waals surface area (Å²) in [6.07, 6.45) is -2.73. The van der Waals surface area contributed by atoms with Crippen molar-refractivity contribution in [1.82, 2.24) is 10.2 Å². The highest BCUT2D eigenvalue weighted by Crippen LogP contribution is 2.56. The van der Waals surface area contributed by atoms with Gasteiger partial charge in [-0.15, -0.1) is 0 Å². The van der Waals surface area contributed by atoms with Gasteiger partial charge in [-0.1, -0.05) is 156 Å². The maximum atomic E-state index is 15.3. The van der Waals surface area contributed by atoms with E-state index in [0.29, 0.717) is 16.7 Å². The maximum absolute atomic E-state index is 15.3. The van der Waals surface area contributed by atoms with E-state index in [1.807, 2.05) is 125 Å². The normalized spacial score (nSPS) is 22.9. The Kier molecular flexibility index (Phi) is 15.8. The van der Waals surface area contributed by atoms with E-state index in [-0.39, 0.29) is 10.8 Å². The third kappa shape index (κ3) is 9.97. The number of phosphoric acid groups is 1. The molecule has 2 aliphatic rings. The molecule has 1 saturated heterocycles. The second-order valence-electron chi connectivity index (χ2n) is 16.5. The van der Waals surface area contributed by atoms with E-state index in [1.54, 1.807) is 12.1 Å². The SMILES string of the molecule is CC(C)(C)[Si](C)(C)O[C@@H]1[C@H](OP(=O)(O)Oc2ccccc2Cl)[C@@H](CO)O[C@H]1[N+]1(C(c2ccccc2)(c2ccccc2)c2ccccc2)C=CC(=O)NC1=O.CCN(CC)CC. The lowest BCUT2D eigenvalue weighted by molar-refractivity contribution is -0.900. The number of halogens is 1. The summed E-state index contributed by atoms with van der Waals surface area (Å²) in [6.45, 7) is 19.5. The van der Waals surface area contributed by atoms with Crippen LogP contribution in [-0.2, 0) is 28.6 Å². The summed E-state index contributed by atoms with van der Waals surface area (Å²) < 4.78 is 38.5. The Hall–Kier alpha value is -3.98. The molecule has 6 rings (SSSR count). The second kappa shape index (κ2) is 20.0. The molecule has 2 aliphatic heterocycles. The van der Waals surface area contributed by atoms with E-state index in [0.717, 1.165) is 0 Å². The number of phosphoric ester groups is 1. The smallest absolute Gasteiger partial charge is 0.403 e. The van der Waals surface area contributed by atoms with Crippen molar-refractivity contribution in [2.45, 2.75) is 89.8 Å². The fourth-order valence-corrected chi connectivity index (χ4v) is 10.3. The topological polar surface area (TPSA) is 144 Å². The van der Waals surface area contributed by atoms with Crippen LogP contribution >= 0.6 is 19.4 Å². The first-order chi connectivity index (χ1) is 28.9. The molecule has 3 amide bonds. The number of rotatable bonds is 15. The molecule has 12 nitrogen and oxygen atoms in total. The number of para-hydroxylation sites is 1. The van der Waals surface area contributed by atoms with E-state index < -0.39 is 74.3 Å². The van der Waals surface area contributed by atoms with Crippen molar-refractivity contribution in [2.75, 3.05) is 26.2 Å². The minimum Gasteiger partial charge on any atom is -0.403 e. The van der Waals surface area contributed by atoms with Gasteiger partial charge in [0.05, 0.1) is 17.7 Å². The molecule has 0 aromatic heterocycles. The summed E-state index contributed by atoms with van der Waals surface area (Å²) >= 11 is 6.29. The number of quaternary nitrogens is 1. The number of nitrogens with one attached hydrogen (secondary N) is 1. The van der Waals surface area contributed by atoms with Crippen molar-refractivity contribution in [3.05, 3.63) is 149 Å². The van der Waals surface area contributed by atoms with Gasteiger partial charge in [0.15, 0.2) is 20.0 Å². The number of nitrogens with zero attached hydrogens (tertiary/aromatic N) is 2. The summed E-state index contributed by atoms with van der Waals surface area (Å²) in [7, 11) is -7.92. The zero-order valence-electron chi connectivity index (χ0n) is 36.2. The van der Waals surface area contributed by atoms with Crippen LogP contribution in [0.1, 0.15) is 58.2 Å². The number of carbonyl (C=O) groups excluding carboxylic acids is 2. The molecule has 2 unspecified atom stereocenters. The van der Waals surface area contributed by atoms with Gasteiger partial charge in [0.25, 0.3) is 5.91 Å². The number of imide groups is 1. The molecule has 0 spiro atoms. The fourth-order valence-electron chi connectivity index (χ4n) is 7.77. The van der Waals surface area contributed by atoms with E-state index in [9.17, 15) is 19.4 Å². The summed E-state index contributed by atoms with van der Waals surface area (Å²) in [5.41, 5.74) is 0.472. The summed E-state index contributed by atoms with van der Waals surface area (Å²) in [4.78, 5) is 42.0. The van der Waals surface area contributed by atoms with Gasteiger partial charge in [-0.2, -0.15) is 4.48 Å². The average Bonchev–Trinajstić information content (AvgIpc) is 3.56.